The summed E-state index contributed by atoms with van der Waals surface area (Å²) in [5, 5.41) is 23.2. The molecule has 0 aliphatic carbocycles. The van der Waals surface area contributed by atoms with Crippen LogP contribution in [-0.2, 0) is 10.0 Å². The molecule has 4 aromatic rings. The molecular weight excluding hydrogens is 479 g/mol. The number of halogens is 1. The number of imidazole rings is 1. The normalized spacial score (nSPS) is 14.7. The van der Waals surface area contributed by atoms with E-state index in [9.17, 15) is 9.90 Å². The molecule has 0 spiro atoms. The molecule has 190 valence electrons. The first-order chi connectivity index (χ1) is 17.0. The molecule has 0 aliphatic heterocycles. The number of aliphatic hydroxyl groups is 1. The summed E-state index contributed by atoms with van der Waals surface area (Å²) < 4.78 is 25.6. The lowest BCUT2D eigenvalue weighted by Gasteiger charge is -2.40. The summed E-state index contributed by atoms with van der Waals surface area (Å²) in [6, 6.07) is 12.8. The quantitative estimate of drug-likeness (QED) is 0.344. The van der Waals surface area contributed by atoms with Gasteiger partial charge in [-0.25, -0.2) is 13.9 Å². The van der Waals surface area contributed by atoms with Crippen LogP contribution in [0.4, 0.5) is 4.39 Å². The smallest absolute Gasteiger partial charge is 0.333 e. The van der Waals surface area contributed by atoms with Crippen molar-refractivity contribution in [2.75, 3.05) is 0 Å². The summed E-state index contributed by atoms with van der Waals surface area (Å²) in [7, 11) is -2.47. The van der Waals surface area contributed by atoms with Crippen LogP contribution in [-0.4, -0.2) is 48.9 Å². The van der Waals surface area contributed by atoms with Crippen LogP contribution in [0, 0.1) is 5.82 Å². The summed E-state index contributed by atoms with van der Waals surface area (Å²) in [5.74, 6) is -0.521. The molecule has 2 aromatic carbocycles. The van der Waals surface area contributed by atoms with Crippen molar-refractivity contribution in [2.45, 2.75) is 57.7 Å². The molecule has 2 aromatic heterocycles. The fourth-order valence-electron chi connectivity index (χ4n) is 4.77. The summed E-state index contributed by atoms with van der Waals surface area (Å²) in [5.41, 5.74) is -0.492. The van der Waals surface area contributed by atoms with E-state index in [1.54, 1.807) is 61.8 Å². The average molecular weight is 511 g/mol. The van der Waals surface area contributed by atoms with E-state index >= 15 is 4.39 Å². The van der Waals surface area contributed by atoms with Crippen molar-refractivity contribution in [3.8, 4) is 11.4 Å². The molecule has 0 amide bonds. The molecule has 0 saturated carbocycles. The molecule has 0 unspecified atom stereocenters. The van der Waals surface area contributed by atoms with Crippen LogP contribution in [0.2, 0.25) is 19.1 Å². The van der Waals surface area contributed by atoms with Crippen molar-refractivity contribution in [2.24, 2.45) is 0 Å². The molecule has 11 heteroatoms. The molecular formula is C25H31FN6O3Si. The number of aromatic nitrogens is 6. The molecule has 2 heterocycles. The minimum atomic E-state index is -2.47. The van der Waals surface area contributed by atoms with Crippen molar-refractivity contribution in [1.82, 2.24) is 29.3 Å². The summed E-state index contributed by atoms with van der Waals surface area (Å²) in [4.78, 5) is 13.5. The van der Waals surface area contributed by atoms with E-state index in [1.165, 1.54) is 26.2 Å². The zero-order valence-electron chi connectivity index (χ0n) is 21.0. The third kappa shape index (κ3) is 5.08. The van der Waals surface area contributed by atoms with Crippen molar-refractivity contribution < 1.29 is 13.9 Å². The van der Waals surface area contributed by atoms with E-state index in [0.717, 1.165) is 5.69 Å². The van der Waals surface area contributed by atoms with E-state index in [0.29, 0.717) is 5.69 Å². The van der Waals surface area contributed by atoms with Gasteiger partial charge < -0.3 is 9.53 Å². The predicted octanol–water partition coefficient (Wildman–Crippen LogP) is 3.83. The molecule has 1 N–H and O–H groups in total. The second-order valence-electron chi connectivity index (χ2n) is 9.81. The zero-order chi connectivity index (χ0) is 26.1. The molecule has 0 radical (unpaired) electrons. The topological polar surface area (TPSA) is 100.0 Å². The molecule has 0 aliphatic rings. The fourth-order valence-corrected chi connectivity index (χ4v) is 7.91. The Kier molecular flexibility index (Phi) is 7.07. The van der Waals surface area contributed by atoms with Crippen molar-refractivity contribution in [1.29, 1.82) is 0 Å². The lowest BCUT2D eigenvalue weighted by Crippen LogP contribution is -2.47. The van der Waals surface area contributed by atoms with E-state index in [2.05, 4.69) is 15.5 Å². The maximum atomic E-state index is 15.0. The first-order valence-corrected chi connectivity index (χ1v) is 14.9. The minimum absolute atomic E-state index is 0.0353. The first-order valence-electron chi connectivity index (χ1n) is 11.8. The van der Waals surface area contributed by atoms with Crippen molar-refractivity contribution in [3.63, 3.8) is 0 Å². The fraction of sp³-hybridized carbons (Fsp3) is 0.360. The van der Waals surface area contributed by atoms with Gasteiger partial charge in [0.15, 0.2) is 8.32 Å². The van der Waals surface area contributed by atoms with Gasteiger partial charge >= 0.3 is 5.69 Å². The molecule has 9 nitrogen and oxygen atoms in total. The van der Waals surface area contributed by atoms with Gasteiger partial charge in [0.1, 0.15) is 17.7 Å². The number of tetrazole rings is 1. The highest BCUT2D eigenvalue weighted by atomic mass is 28.4. The van der Waals surface area contributed by atoms with E-state index < -0.39 is 25.8 Å². The highest BCUT2D eigenvalue weighted by Crippen LogP contribution is 2.41. The number of benzene rings is 2. The summed E-state index contributed by atoms with van der Waals surface area (Å²) >= 11 is 0. The Morgan fingerprint density at radius 1 is 1.06 bits per heavy atom. The molecule has 0 bridgehead atoms. The van der Waals surface area contributed by atoms with Crippen LogP contribution in [0.3, 0.4) is 0 Å². The lowest BCUT2D eigenvalue weighted by molar-refractivity contribution is -0.00261. The largest absolute Gasteiger partial charge is 0.415 e. The first kappa shape index (κ1) is 25.7. The van der Waals surface area contributed by atoms with Crippen LogP contribution >= 0.6 is 0 Å². The van der Waals surface area contributed by atoms with E-state index in [4.69, 9.17) is 4.43 Å². The number of nitrogens with zero attached hydrogens (tertiary/aromatic N) is 6. The van der Waals surface area contributed by atoms with Gasteiger partial charge in [-0.1, -0.05) is 18.2 Å². The molecule has 0 saturated heterocycles. The predicted molar refractivity (Wildman–Crippen MR) is 136 cm³/mol. The summed E-state index contributed by atoms with van der Waals surface area (Å²) in [6.45, 7) is 9.60. The zero-order valence-corrected chi connectivity index (χ0v) is 22.0. The van der Waals surface area contributed by atoms with Gasteiger partial charge in [0, 0.05) is 30.1 Å². The van der Waals surface area contributed by atoms with Crippen LogP contribution in [0.25, 0.3) is 11.4 Å². The average Bonchev–Trinajstić information content (AvgIpc) is 3.48. The van der Waals surface area contributed by atoms with Gasteiger partial charge in [-0.05, 0) is 74.6 Å². The van der Waals surface area contributed by atoms with E-state index in [-0.39, 0.29) is 23.4 Å². The highest BCUT2D eigenvalue weighted by Gasteiger charge is 2.45. The van der Waals surface area contributed by atoms with Gasteiger partial charge in [-0.15, -0.1) is 5.10 Å². The minimum Gasteiger partial charge on any atom is -0.415 e. The van der Waals surface area contributed by atoms with Crippen molar-refractivity contribution >= 4 is 8.32 Å². The van der Waals surface area contributed by atoms with Gasteiger partial charge in [0.05, 0.1) is 17.4 Å². The van der Waals surface area contributed by atoms with Gasteiger partial charge in [-0.2, -0.15) is 0 Å². The second kappa shape index (κ2) is 9.92. The Hall–Kier alpha value is -3.41. The van der Waals surface area contributed by atoms with Crippen LogP contribution in [0.15, 0.2) is 72.0 Å². The van der Waals surface area contributed by atoms with Gasteiger partial charge in [0.25, 0.3) is 0 Å². The third-order valence-corrected chi connectivity index (χ3v) is 8.74. The Bertz CT molecular complexity index is 1370. The van der Waals surface area contributed by atoms with Crippen LogP contribution in [0.5, 0.6) is 0 Å². The molecule has 2 atom stereocenters. The van der Waals surface area contributed by atoms with Gasteiger partial charge in [0.2, 0.25) is 0 Å². The summed E-state index contributed by atoms with van der Waals surface area (Å²) in [6.07, 6.45) is 4.70. The van der Waals surface area contributed by atoms with Gasteiger partial charge in [-0.3, -0.25) is 9.13 Å². The Morgan fingerprint density at radius 2 is 1.72 bits per heavy atom. The van der Waals surface area contributed by atoms with E-state index in [1.807, 2.05) is 26.9 Å². The second-order valence-corrected chi connectivity index (χ2v) is 13.9. The standard InChI is InChI=1S/C25H31FN6O3Si/c1-18(2)35-36(4,5)16-25(34,22-8-6-7-9-23(22)26)19(3)30-14-15-31(24(30)33)20-10-12-21(13-11-20)32-17-27-28-29-32/h6-15,17-19,34H,16H2,1-5H3/t19-,25+/m1/s1. The number of hydrogen-bond donors (Lipinski definition) is 1. The molecule has 36 heavy (non-hydrogen) atoms. The number of rotatable bonds is 9. The highest BCUT2D eigenvalue weighted by molar-refractivity contribution is 6.71. The maximum Gasteiger partial charge on any atom is 0.333 e. The monoisotopic (exact) mass is 510 g/mol. The van der Waals surface area contributed by atoms with Crippen LogP contribution in [0.1, 0.15) is 32.4 Å². The Morgan fingerprint density at radius 3 is 2.33 bits per heavy atom. The number of hydrogen-bond acceptors (Lipinski definition) is 6. The molecule has 4 rings (SSSR count). The SMILES string of the molecule is CC(C)O[Si](C)(C)C[C@@](O)(c1ccccc1F)[C@@H](C)n1ccn(-c2ccc(-n3cnnn3)cc2)c1=O. The third-order valence-electron chi connectivity index (χ3n) is 6.24. The lowest BCUT2D eigenvalue weighted by atomic mass is 9.88. The van der Waals surface area contributed by atoms with Crippen LogP contribution < -0.4 is 5.69 Å². The Balaban J connectivity index is 1.72. The Labute approximate surface area is 209 Å². The molecule has 0 fully saturated rings. The maximum absolute atomic E-state index is 15.0. The van der Waals surface area contributed by atoms with Crippen molar-refractivity contribution in [3.05, 3.63) is 89.1 Å².